The summed E-state index contributed by atoms with van der Waals surface area (Å²) in [6.07, 6.45) is 2.60. The van der Waals surface area contributed by atoms with Gasteiger partial charge >= 0.3 is 0 Å². The average molecular weight is 265 g/mol. The SMILES string of the molecule is CCCC(=O)NC(N)(N)c1cccc(O)c1CCC. The number of hydrogen-bond acceptors (Lipinski definition) is 4. The molecule has 0 fully saturated rings. The third kappa shape index (κ3) is 3.94. The van der Waals surface area contributed by atoms with Gasteiger partial charge in [0.05, 0.1) is 0 Å². The molecule has 0 aliphatic rings. The zero-order valence-corrected chi connectivity index (χ0v) is 11.6. The largest absolute Gasteiger partial charge is 0.508 e. The van der Waals surface area contributed by atoms with E-state index in [1.54, 1.807) is 18.2 Å². The van der Waals surface area contributed by atoms with Crippen molar-refractivity contribution in [2.75, 3.05) is 0 Å². The monoisotopic (exact) mass is 265 g/mol. The minimum Gasteiger partial charge on any atom is -0.508 e. The van der Waals surface area contributed by atoms with Gasteiger partial charge in [-0.1, -0.05) is 32.4 Å². The summed E-state index contributed by atoms with van der Waals surface area (Å²) in [5, 5.41) is 12.5. The van der Waals surface area contributed by atoms with Crippen LogP contribution in [-0.2, 0) is 17.0 Å². The highest BCUT2D eigenvalue weighted by Crippen LogP contribution is 2.26. The minimum atomic E-state index is -1.46. The molecule has 1 amide bonds. The van der Waals surface area contributed by atoms with Crippen LogP contribution in [0.4, 0.5) is 0 Å². The van der Waals surface area contributed by atoms with Gasteiger partial charge in [0, 0.05) is 17.5 Å². The molecule has 0 saturated heterocycles. The molecule has 5 nitrogen and oxygen atoms in total. The van der Waals surface area contributed by atoms with Crippen molar-refractivity contribution in [3.05, 3.63) is 29.3 Å². The number of rotatable bonds is 6. The van der Waals surface area contributed by atoms with Crippen molar-refractivity contribution in [1.29, 1.82) is 0 Å². The normalized spacial score (nSPS) is 11.4. The van der Waals surface area contributed by atoms with E-state index in [9.17, 15) is 9.90 Å². The van der Waals surface area contributed by atoms with E-state index < -0.39 is 5.79 Å². The molecule has 1 aromatic rings. The Morgan fingerprint density at radius 3 is 2.58 bits per heavy atom. The summed E-state index contributed by atoms with van der Waals surface area (Å²) in [6.45, 7) is 3.91. The van der Waals surface area contributed by atoms with Crippen LogP contribution in [0.3, 0.4) is 0 Å². The molecule has 0 aliphatic carbocycles. The van der Waals surface area contributed by atoms with Crippen molar-refractivity contribution < 1.29 is 9.90 Å². The maximum Gasteiger partial charge on any atom is 0.222 e. The Hall–Kier alpha value is -1.59. The van der Waals surface area contributed by atoms with Gasteiger partial charge in [-0.15, -0.1) is 0 Å². The number of aromatic hydroxyl groups is 1. The summed E-state index contributed by atoms with van der Waals surface area (Å²) >= 11 is 0. The fourth-order valence-electron chi connectivity index (χ4n) is 2.06. The Balaban J connectivity index is 3.06. The third-order valence-electron chi connectivity index (χ3n) is 2.92. The zero-order chi connectivity index (χ0) is 14.5. The summed E-state index contributed by atoms with van der Waals surface area (Å²) < 4.78 is 0. The quantitative estimate of drug-likeness (QED) is 0.582. The lowest BCUT2D eigenvalue weighted by Gasteiger charge is -2.29. The lowest BCUT2D eigenvalue weighted by molar-refractivity contribution is -0.123. The summed E-state index contributed by atoms with van der Waals surface area (Å²) in [4.78, 5) is 11.7. The van der Waals surface area contributed by atoms with E-state index in [4.69, 9.17) is 11.5 Å². The van der Waals surface area contributed by atoms with E-state index in [1.807, 2.05) is 13.8 Å². The van der Waals surface area contributed by atoms with Gasteiger partial charge in [-0.3, -0.25) is 16.3 Å². The van der Waals surface area contributed by atoms with E-state index in [0.29, 0.717) is 24.0 Å². The highest BCUT2D eigenvalue weighted by atomic mass is 16.3. The fourth-order valence-corrected chi connectivity index (χ4v) is 2.06. The van der Waals surface area contributed by atoms with Crippen LogP contribution in [0.1, 0.15) is 44.2 Å². The molecular weight excluding hydrogens is 242 g/mol. The first kappa shape index (κ1) is 15.5. The van der Waals surface area contributed by atoms with E-state index in [0.717, 1.165) is 12.8 Å². The van der Waals surface area contributed by atoms with Crippen LogP contribution in [-0.4, -0.2) is 11.0 Å². The topological polar surface area (TPSA) is 101 Å². The number of benzene rings is 1. The standard InChI is InChI=1S/C14H23N3O2/c1-3-6-10-11(8-5-9-12(10)18)14(15,16)17-13(19)7-4-2/h5,8-9,18H,3-4,6-7,15-16H2,1-2H3,(H,17,19). The summed E-state index contributed by atoms with van der Waals surface area (Å²) in [7, 11) is 0. The van der Waals surface area contributed by atoms with Gasteiger partial charge in [-0.25, -0.2) is 0 Å². The predicted octanol–water partition coefficient (Wildman–Crippen LogP) is 1.29. The molecule has 0 heterocycles. The summed E-state index contributed by atoms with van der Waals surface area (Å²) in [6, 6.07) is 5.00. The second kappa shape index (κ2) is 6.54. The van der Waals surface area contributed by atoms with Crippen LogP contribution in [0.2, 0.25) is 0 Å². The van der Waals surface area contributed by atoms with Crippen LogP contribution in [0.25, 0.3) is 0 Å². The molecule has 1 rings (SSSR count). The lowest BCUT2D eigenvalue weighted by Crippen LogP contribution is -2.60. The molecule has 6 N–H and O–H groups in total. The second-order valence-corrected chi connectivity index (χ2v) is 4.72. The Morgan fingerprint density at radius 1 is 1.32 bits per heavy atom. The van der Waals surface area contributed by atoms with Gasteiger partial charge in [0.1, 0.15) is 5.75 Å². The van der Waals surface area contributed by atoms with Crippen molar-refractivity contribution in [2.45, 2.75) is 45.3 Å². The lowest BCUT2D eigenvalue weighted by atomic mass is 9.97. The van der Waals surface area contributed by atoms with Crippen LogP contribution in [0.15, 0.2) is 18.2 Å². The Bertz CT molecular complexity index is 444. The molecule has 106 valence electrons. The molecule has 0 radical (unpaired) electrons. The Kier molecular flexibility index (Phi) is 5.32. The molecule has 1 aromatic carbocycles. The van der Waals surface area contributed by atoms with E-state index in [-0.39, 0.29) is 11.7 Å². The summed E-state index contributed by atoms with van der Waals surface area (Å²) in [5.41, 5.74) is 13.2. The van der Waals surface area contributed by atoms with Gasteiger partial charge < -0.3 is 10.4 Å². The number of phenols is 1. The number of carbonyl (C=O) groups excluding carboxylic acids is 1. The first-order valence-electron chi connectivity index (χ1n) is 6.62. The highest BCUT2D eigenvalue weighted by molar-refractivity contribution is 5.76. The van der Waals surface area contributed by atoms with Crippen molar-refractivity contribution in [1.82, 2.24) is 5.32 Å². The Labute approximate surface area is 114 Å². The molecule has 19 heavy (non-hydrogen) atoms. The molecule has 0 spiro atoms. The molecule has 0 bridgehead atoms. The zero-order valence-electron chi connectivity index (χ0n) is 11.6. The molecule has 0 aromatic heterocycles. The van der Waals surface area contributed by atoms with E-state index >= 15 is 0 Å². The van der Waals surface area contributed by atoms with Crippen LogP contribution < -0.4 is 16.8 Å². The van der Waals surface area contributed by atoms with Crippen molar-refractivity contribution in [2.24, 2.45) is 11.5 Å². The number of nitrogens with one attached hydrogen (secondary N) is 1. The van der Waals surface area contributed by atoms with Crippen LogP contribution in [0, 0.1) is 0 Å². The number of phenolic OH excluding ortho intramolecular Hbond substituents is 1. The molecular formula is C14H23N3O2. The van der Waals surface area contributed by atoms with Gasteiger partial charge in [-0.2, -0.15) is 0 Å². The van der Waals surface area contributed by atoms with Crippen molar-refractivity contribution >= 4 is 5.91 Å². The van der Waals surface area contributed by atoms with Gasteiger partial charge in [0.25, 0.3) is 0 Å². The second-order valence-electron chi connectivity index (χ2n) is 4.72. The van der Waals surface area contributed by atoms with Gasteiger partial charge in [0.15, 0.2) is 5.79 Å². The first-order valence-corrected chi connectivity index (χ1v) is 6.62. The molecule has 0 unspecified atom stereocenters. The van der Waals surface area contributed by atoms with Crippen molar-refractivity contribution in [3.8, 4) is 5.75 Å². The smallest absolute Gasteiger partial charge is 0.222 e. The fraction of sp³-hybridized carbons (Fsp3) is 0.500. The van der Waals surface area contributed by atoms with Crippen LogP contribution in [0.5, 0.6) is 5.75 Å². The molecule has 0 saturated carbocycles. The molecule has 0 atom stereocenters. The number of amides is 1. The van der Waals surface area contributed by atoms with Crippen LogP contribution >= 0.6 is 0 Å². The van der Waals surface area contributed by atoms with E-state index in [2.05, 4.69) is 5.32 Å². The third-order valence-corrected chi connectivity index (χ3v) is 2.92. The van der Waals surface area contributed by atoms with E-state index in [1.165, 1.54) is 0 Å². The predicted molar refractivity (Wildman–Crippen MR) is 75.2 cm³/mol. The maximum absolute atomic E-state index is 11.7. The number of hydrogen-bond donors (Lipinski definition) is 4. The summed E-state index contributed by atoms with van der Waals surface area (Å²) in [5.74, 6) is -1.50. The average Bonchev–Trinajstić information content (AvgIpc) is 2.31. The van der Waals surface area contributed by atoms with Gasteiger partial charge in [0.2, 0.25) is 5.91 Å². The maximum atomic E-state index is 11.7. The number of nitrogens with two attached hydrogens (primary N) is 2. The Morgan fingerprint density at radius 2 is 2.00 bits per heavy atom. The minimum absolute atomic E-state index is 0.157. The molecule has 5 heteroatoms. The number of carbonyl (C=O) groups is 1. The first-order chi connectivity index (χ1) is 8.92. The van der Waals surface area contributed by atoms with Crippen molar-refractivity contribution in [3.63, 3.8) is 0 Å². The molecule has 0 aliphatic heterocycles. The highest BCUT2D eigenvalue weighted by Gasteiger charge is 2.27. The van der Waals surface area contributed by atoms with Gasteiger partial charge in [-0.05, 0) is 18.9 Å².